The van der Waals surface area contributed by atoms with Gasteiger partial charge in [0.15, 0.2) is 5.88 Å². The fourth-order valence-corrected chi connectivity index (χ4v) is 2.98. The molecule has 1 aromatic carbocycles. The summed E-state index contributed by atoms with van der Waals surface area (Å²) in [6.45, 7) is 8.19. The Kier molecular flexibility index (Phi) is 4.93. The van der Waals surface area contributed by atoms with E-state index in [2.05, 4.69) is 13.8 Å². The molecule has 0 heterocycles. The lowest BCUT2D eigenvalue weighted by Gasteiger charge is -2.18. The molecule has 0 unspecified atom stereocenters. The van der Waals surface area contributed by atoms with Gasteiger partial charge in [-0.1, -0.05) is 52.0 Å². The van der Waals surface area contributed by atoms with Gasteiger partial charge in [0, 0.05) is 11.1 Å². The zero-order valence-electron chi connectivity index (χ0n) is 13.9. The second kappa shape index (κ2) is 6.57. The van der Waals surface area contributed by atoms with Crippen LogP contribution in [0.5, 0.6) is 0 Å². The number of hydrogen-bond donors (Lipinski definition) is 2. The third kappa shape index (κ3) is 3.31. The predicted octanol–water partition coefficient (Wildman–Crippen LogP) is 5.36. The van der Waals surface area contributed by atoms with Crippen LogP contribution in [-0.2, 0) is 0 Å². The molecule has 23 heavy (non-hydrogen) atoms. The number of benzene rings is 1. The van der Waals surface area contributed by atoms with E-state index in [1.165, 1.54) is 12.1 Å². The van der Waals surface area contributed by atoms with Gasteiger partial charge in [-0.15, -0.1) is 0 Å². The maximum Gasteiger partial charge on any atom is 0.263 e. The van der Waals surface area contributed by atoms with Gasteiger partial charge in [-0.05, 0) is 40.2 Å². The number of allylic oxidation sites excluding steroid dienone is 5. The normalized spacial score (nSPS) is 17.5. The van der Waals surface area contributed by atoms with Crippen molar-refractivity contribution in [2.75, 3.05) is 0 Å². The quantitative estimate of drug-likeness (QED) is 0.734. The van der Waals surface area contributed by atoms with Crippen molar-refractivity contribution in [3.05, 3.63) is 64.1 Å². The Hall–Kier alpha value is -2.10. The van der Waals surface area contributed by atoms with Crippen LogP contribution in [0.1, 0.15) is 45.2 Å². The summed E-state index contributed by atoms with van der Waals surface area (Å²) in [6, 6.07) is 6.33. The average molecular weight is 319 g/mol. The lowest BCUT2D eigenvalue weighted by molar-refractivity contribution is 0.151. The van der Waals surface area contributed by atoms with Crippen LogP contribution in [0.15, 0.2) is 52.9 Å². The highest BCUT2D eigenvalue weighted by atomic mass is 19.3. The summed E-state index contributed by atoms with van der Waals surface area (Å²) in [7, 11) is 0. The first kappa shape index (κ1) is 17.3. The molecule has 2 rings (SSSR count). The van der Waals surface area contributed by atoms with Crippen molar-refractivity contribution in [3.63, 3.8) is 0 Å². The van der Waals surface area contributed by atoms with E-state index in [0.29, 0.717) is 5.57 Å². The molecular formula is C19H23F2NO. The van der Waals surface area contributed by atoms with Gasteiger partial charge in [-0.25, -0.2) is 8.78 Å². The van der Waals surface area contributed by atoms with Crippen molar-refractivity contribution in [2.45, 2.75) is 34.1 Å². The van der Waals surface area contributed by atoms with Gasteiger partial charge >= 0.3 is 0 Å². The molecular weight excluding hydrogens is 296 g/mol. The monoisotopic (exact) mass is 319 g/mol. The summed E-state index contributed by atoms with van der Waals surface area (Å²) in [5.41, 5.74) is 10.2. The molecule has 3 N–H and O–H groups in total. The van der Waals surface area contributed by atoms with Crippen molar-refractivity contribution in [1.29, 1.82) is 0 Å². The van der Waals surface area contributed by atoms with E-state index in [0.717, 1.165) is 22.3 Å². The average Bonchev–Trinajstić information content (AvgIpc) is 2.88. The molecule has 0 aliphatic heterocycles. The van der Waals surface area contributed by atoms with Gasteiger partial charge in [0.2, 0.25) is 0 Å². The minimum atomic E-state index is -2.48. The van der Waals surface area contributed by atoms with Crippen LogP contribution in [-0.4, -0.2) is 5.11 Å². The van der Waals surface area contributed by atoms with E-state index in [4.69, 9.17) is 5.73 Å². The standard InChI is InChI=1S/C19H23F2NO/c1-10(2)14-9-15(19(22)23)16(11(3)4)17(14)12-5-7-13(8-6-12)18(20)21/h5-11,18,23H,22H2,1-4H3/b19-15-. The highest BCUT2D eigenvalue weighted by Gasteiger charge is 2.28. The van der Waals surface area contributed by atoms with Crippen molar-refractivity contribution >= 4 is 5.57 Å². The number of hydrogen-bond acceptors (Lipinski definition) is 2. The Labute approximate surface area is 136 Å². The number of aliphatic hydroxyl groups excluding tert-OH is 1. The summed E-state index contributed by atoms with van der Waals surface area (Å²) in [4.78, 5) is 0. The van der Waals surface area contributed by atoms with E-state index in [9.17, 15) is 13.9 Å². The van der Waals surface area contributed by atoms with Crippen LogP contribution in [0.2, 0.25) is 0 Å². The van der Waals surface area contributed by atoms with E-state index < -0.39 is 6.43 Å². The van der Waals surface area contributed by atoms with Gasteiger partial charge in [0.25, 0.3) is 6.43 Å². The van der Waals surface area contributed by atoms with Crippen molar-refractivity contribution in [2.24, 2.45) is 17.6 Å². The maximum absolute atomic E-state index is 12.8. The Morgan fingerprint density at radius 1 is 1.00 bits per heavy atom. The van der Waals surface area contributed by atoms with Crippen molar-refractivity contribution in [1.82, 2.24) is 0 Å². The first-order valence-electron chi connectivity index (χ1n) is 7.77. The summed E-state index contributed by atoms with van der Waals surface area (Å²) in [5.74, 6) is 0.171. The van der Waals surface area contributed by atoms with Gasteiger partial charge < -0.3 is 10.8 Å². The fourth-order valence-electron chi connectivity index (χ4n) is 2.98. The predicted molar refractivity (Wildman–Crippen MR) is 89.9 cm³/mol. The summed E-state index contributed by atoms with van der Waals surface area (Å²) in [5, 5.41) is 9.83. The number of aliphatic hydroxyl groups is 1. The molecule has 0 aromatic heterocycles. The second-order valence-corrected chi connectivity index (χ2v) is 6.42. The molecule has 0 spiro atoms. The van der Waals surface area contributed by atoms with Gasteiger partial charge in [-0.2, -0.15) is 0 Å². The molecule has 1 aliphatic carbocycles. The zero-order chi connectivity index (χ0) is 17.3. The minimum absolute atomic E-state index is 0.00552. The molecule has 1 aliphatic rings. The third-order valence-electron chi connectivity index (χ3n) is 4.07. The van der Waals surface area contributed by atoms with Crippen LogP contribution < -0.4 is 5.73 Å². The van der Waals surface area contributed by atoms with Gasteiger partial charge in [0.1, 0.15) is 0 Å². The van der Waals surface area contributed by atoms with Crippen LogP contribution in [0.4, 0.5) is 8.78 Å². The van der Waals surface area contributed by atoms with Crippen molar-refractivity contribution < 1.29 is 13.9 Å². The zero-order valence-corrected chi connectivity index (χ0v) is 13.9. The van der Waals surface area contributed by atoms with E-state index >= 15 is 0 Å². The molecule has 1 aromatic rings. The third-order valence-corrected chi connectivity index (χ3v) is 4.07. The second-order valence-electron chi connectivity index (χ2n) is 6.42. The smallest absolute Gasteiger partial charge is 0.263 e. The van der Waals surface area contributed by atoms with Crippen LogP contribution in [0.25, 0.3) is 5.57 Å². The van der Waals surface area contributed by atoms with E-state index in [1.807, 2.05) is 19.9 Å². The molecule has 0 radical (unpaired) electrons. The maximum atomic E-state index is 12.8. The molecule has 0 atom stereocenters. The molecule has 0 amide bonds. The Morgan fingerprint density at radius 3 is 1.96 bits per heavy atom. The summed E-state index contributed by atoms with van der Waals surface area (Å²) < 4.78 is 25.5. The molecule has 0 saturated carbocycles. The molecule has 0 saturated heterocycles. The SMILES string of the molecule is CC(C)C1=C/C(=C(\N)O)C(C(C)C)=C1c1ccc(C(F)F)cc1. The van der Waals surface area contributed by atoms with Crippen LogP contribution in [0.3, 0.4) is 0 Å². The fraction of sp³-hybridized carbons (Fsp3) is 0.368. The first-order valence-corrected chi connectivity index (χ1v) is 7.77. The molecule has 124 valence electrons. The lowest BCUT2D eigenvalue weighted by Crippen LogP contribution is -2.05. The molecule has 0 fully saturated rings. The minimum Gasteiger partial charge on any atom is -0.495 e. The van der Waals surface area contributed by atoms with Gasteiger partial charge in [-0.3, -0.25) is 0 Å². The summed E-state index contributed by atoms with van der Waals surface area (Å²) >= 11 is 0. The van der Waals surface area contributed by atoms with Crippen LogP contribution >= 0.6 is 0 Å². The topological polar surface area (TPSA) is 46.2 Å². The molecule has 2 nitrogen and oxygen atoms in total. The Balaban J connectivity index is 2.66. The molecule has 0 bridgehead atoms. The van der Waals surface area contributed by atoms with E-state index in [-0.39, 0.29) is 23.3 Å². The lowest BCUT2D eigenvalue weighted by atomic mass is 9.87. The van der Waals surface area contributed by atoms with Crippen molar-refractivity contribution in [3.8, 4) is 0 Å². The number of nitrogens with two attached hydrogens (primary N) is 1. The Bertz CT molecular complexity index is 676. The van der Waals surface area contributed by atoms with Gasteiger partial charge in [0.05, 0.1) is 0 Å². The first-order chi connectivity index (χ1) is 10.7. The molecule has 4 heteroatoms. The number of alkyl halides is 2. The number of rotatable bonds is 4. The summed E-state index contributed by atoms with van der Waals surface area (Å²) in [6.07, 6.45) is -0.569. The largest absolute Gasteiger partial charge is 0.495 e. The highest BCUT2D eigenvalue weighted by Crippen LogP contribution is 2.44. The highest BCUT2D eigenvalue weighted by molar-refractivity contribution is 5.90. The van der Waals surface area contributed by atoms with E-state index in [1.54, 1.807) is 12.1 Å². The Morgan fingerprint density at radius 2 is 1.57 bits per heavy atom. The van der Waals surface area contributed by atoms with Crippen LogP contribution in [0, 0.1) is 11.8 Å². The number of halogens is 2.